The average molecular weight is 393 g/mol. The molecular formula is C14H20N2O5S3. The summed E-state index contributed by atoms with van der Waals surface area (Å²) in [6.45, 7) is 3.93. The van der Waals surface area contributed by atoms with E-state index in [0.29, 0.717) is 13.1 Å². The number of thiophene rings is 1. The zero-order valence-corrected chi connectivity index (χ0v) is 15.8. The van der Waals surface area contributed by atoms with Gasteiger partial charge in [-0.3, -0.25) is 9.59 Å². The maximum atomic E-state index is 12.8. The molecule has 2 rings (SSSR count). The maximum Gasteiger partial charge on any atom is 0.308 e. The Kier molecular flexibility index (Phi) is 6.29. The van der Waals surface area contributed by atoms with Crippen molar-refractivity contribution >= 4 is 45.0 Å². The number of thioether (sulfide) groups is 1. The first-order chi connectivity index (χ1) is 11.2. The first kappa shape index (κ1) is 19.2. The summed E-state index contributed by atoms with van der Waals surface area (Å²) in [4.78, 5) is 23.5. The van der Waals surface area contributed by atoms with E-state index in [1.54, 1.807) is 24.1 Å². The lowest BCUT2D eigenvalue weighted by Gasteiger charge is -2.25. The topological polar surface area (TPSA) is 104 Å². The Labute approximate surface area is 149 Å². The van der Waals surface area contributed by atoms with Crippen molar-refractivity contribution in [2.24, 2.45) is 5.92 Å². The van der Waals surface area contributed by atoms with Crippen LogP contribution in [0.2, 0.25) is 0 Å². The number of hydrogen-bond donors (Lipinski definition) is 2. The number of carboxylic acids is 1. The van der Waals surface area contributed by atoms with Gasteiger partial charge >= 0.3 is 5.97 Å². The molecule has 1 amide bonds. The van der Waals surface area contributed by atoms with Crippen LogP contribution in [0.15, 0.2) is 16.3 Å². The number of nitrogens with one attached hydrogen (secondary N) is 1. The molecule has 2 unspecified atom stereocenters. The molecule has 0 spiro atoms. The number of sulfonamides is 1. The Hall–Kier alpha value is -1.10. The molecule has 1 fully saturated rings. The number of carboxylic acid groups (broad SMARTS) is 1. The van der Waals surface area contributed by atoms with E-state index >= 15 is 0 Å². The van der Waals surface area contributed by atoms with Crippen molar-refractivity contribution in [2.75, 3.05) is 24.6 Å². The number of aliphatic carboxylic acids is 1. The fourth-order valence-electron chi connectivity index (χ4n) is 2.20. The number of hydrogen-bond acceptors (Lipinski definition) is 6. The van der Waals surface area contributed by atoms with Crippen LogP contribution in [0.5, 0.6) is 0 Å². The lowest BCUT2D eigenvalue weighted by Crippen LogP contribution is -2.41. The monoisotopic (exact) mass is 392 g/mol. The summed E-state index contributed by atoms with van der Waals surface area (Å²) in [5, 5.41) is 13.1. The Morgan fingerprint density at radius 3 is 2.50 bits per heavy atom. The van der Waals surface area contributed by atoms with Crippen molar-refractivity contribution in [1.82, 2.24) is 9.62 Å². The van der Waals surface area contributed by atoms with Gasteiger partial charge in [0.25, 0.3) is 5.91 Å². The summed E-state index contributed by atoms with van der Waals surface area (Å²) in [6.07, 6.45) is 0. The van der Waals surface area contributed by atoms with E-state index in [4.69, 9.17) is 5.11 Å². The van der Waals surface area contributed by atoms with Crippen LogP contribution in [0.4, 0.5) is 0 Å². The normalized spacial score (nSPS) is 18.8. The van der Waals surface area contributed by atoms with Gasteiger partial charge in [-0.15, -0.1) is 11.3 Å². The van der Waals surface area contributed by atoms with Crippen LogP contribution in [0.25, 0.3) is 0 Å². The number of carbonyl (C=O) groups is 2. The van der Waals surface area contributed by atoms with Crippen LogP contribution in [-0.2, 0) is 14.8 Å². The third-order valence-electron chi connectivity index (χ3n) is 3.92. The predicted molar refractivity (Wildman–Crippen MR) is 94.1 cm³/mol. The first-order valence-corrected chi connectivity index (χ1v) is 10.9. The zero-order valence-electron chi connectivity index (χ0n) is 13.4. The lowest BCUT2D eigenvalue weighted by atomic mass is 10.0. The molecule has 1 aliphatic rings. The van der Waals surface area contributed by atoms with Crippen LogP contribution in [-0.4, -0.2) is 60.3 Å². The van der Waals surface area contributed by atoms with E-state index in [0.717, 1.165) is 22.8 Å². The smallest absolute Gasteiger partial charge is 0.308 e. The maximum absolute atomic E-state index is 12.8. The largest absolute Gasteiger partial charge is 0.481 e. The van der Waals surface area contributed by atoms with Crippen molar-refractivity contribution in [3.05, 3.63) is 16.3 Å². The summed E-state index contributed by atoms with van der Waals surface area (Å²) in [7, 11) is -3.71. The Morgan fingerprint density at radius 2 is 1.92 bits per heavy atom. The molecule has 2 N–H and O–H groups in total. The van der Waals surface area contributed by atoms with E-state index in [9.17, 15) is 18.0 Å². The minimum Gasteiger partial charge on any atom is -0.481 e. The molecule has 2 heterocycles. The molecule has 0 aromatic carbocycles. The Bertz CT molecular complexity index is 710. The van der Waals surface area contributed by atoms with Gasteiger partial charge in [-0.25, -0.2) is 8.42 Å². The highest BCUT2D eigenvalue weighted by molar-refractivity contribution is 7.99. The average Bonchev–Trinajstić information content (AvgIpc) is 3.05. The summed E-state index contributed by atoms with van der Waals surface area (Å²) >= 11 is 2.74. The molecule has 134 valence electrons. The van der Waals surface area contributed by atoms with Gasteiger partial charge in [0, 0.05) is 30.6 Å². The van der Waals surface area contributed by atoms with Crippen molar-refractivity contribution in [1.29, 1.82) is 0 Å². The van der Waals surface area contributed by atoms with Gasteiger partial charge in [0.05, 0.1) is 5.92 Å². The molecule has 1 aromatic rings. The summed E-state index contributed by atoms with van der Waals surface area (Å²) in [5.41, 5.74) is 0. The van der Waals surface area contributed by atoms with Crippen LogP contribution in [0.1, 0.15) is 23.5 Å². The van der Waals surface area contributed by atoms with E-state index < -0.39 is 33.9 Å². The van der Waals surface area contributed by atoms with Crippen LogP contribution in [0.3, 0.4) is 0 Å². The molecule has 0 radical (unpaired) electrons. The Balaban J connectivity index is 2.20. The molecular weight excluding hydrogens is 372 g/mol. The third-order valence-corrected chi connectivity index (χ3v) is 7.85. The van der Waals surface area contributed by atoms with Gasteiger partial charge in [0.2, 0.25) is 10.0 Å². The summed E-state index contributed by atoms with van der Waals surface area (Å²) in [5.74, 6) is -0.882. The summed E-state index contributed by atoms with van der Waals surface area (Å²) in [6, 6.07) is 0.820. The SMILES string of the molecule is CC(NC(=O)c1sccc1S(=O)(=O)N1CCSCC1)C(C)C(=O)O. The van der Waals surface area contributed by atoms with E-state index in [1.165, 1.54) is 17.3 Å². The van der Waals surface area contributed by atoms with E-state index in [2.05, 4.69) is 5.32 Å². The van der Waals surface area contributed by atoms with Gasteiger partial charge in [-0.1, -0.05) is 0 Å². The van der Waals surface area contributed by atoms with Gasteiger partial charge in [-0.2, -0.15) is 16.1 Å². The summed E-state index contributed by atoms with van der Waals surface area (Å²) < 4.78 is 26.9. The quantitative estimate of drug-likeness (QED) is 0.757. The highest BCUT2D eigenvalue weighted by Gasteiger charge is 2.32. The number of carbonyl (C=O) groups excluding carboxylic acids is 1. The molecule has 0 bridgehead atoms. The molecule has 24 heavy (non-hydrogen) atoms. The fraction of sp³-hybridized carbons (Fsp3) is 0.571. The Morgan fingerprint density at radius 1 is 1.29 bits per heavy atom. The minimum atomic E-state index is -3.71. The van der Waals surface area contributed by atoms with Crippen LogP contribution in [0, 0.1) is 5.92 Å². The molecule has 1 aliphatic heterocycles. The number of amides is 1. The molecule has 10 heteroatoms. The molecule has 1 aromatic heterocycles. The van der Waals surface area contributed by atoms with Gasteiger partial charge in [0.1, 0.15) is 9.77 Å². The van der Waals surface area contributed by atoms with Gasteiger partial charge in [-0.05, 0) is 25.3 Å². The fourth-order valence-corrected chi connectivity index (χ4v) is 6.08. The van der Waals surface area contributed by atoms with Crippen LogP contribution >= 0.6 is 23.1 Å². The van der Waals surface area contributed by atoms with Crippen molar-refractivity contribution in [3.63, 3.8) is 0 Å². The second-order valence-corrected chi connectivity index (χ2v) is 9.57. The zero-order chi connectivity index (χ0) is 17.9. The molecule has 0 aliphatic carbocycles. The molecule has 0 saturated carbocycles. The highest BCUT2D eigenvalue weighted by atomic mass is 32.2. The minimum absolute atomic E-state index is 0.00734. The van der Waals surface area contributed by atoms with Crippen LogP contribution < -0.4 is 5.32 Å². The molecule has 1 saturated heterocycles. The second-order valence-electron chi connectivity index (χ2n) is 5.52. The first-order valence-electron chi connectivity index (χ1n) is 7.44. The second kappa shape index (κ2) is 7.85. The highest BCUT2D eigenvalue weighted by Crippen LogP contribution is 2.27. The molecule has 7 nitrogen and oxygen atoms in total. The predicted octanol–water partition coefficient (Wildman–Crippen LogP) is 1.32. The standard InChI is InChI=1S/C14H20N2O5S3/c1-9(14(18)19)10(2)15-13(17)12-11(3-6-23-12)24(20,21)16-4-7-22-8-5-16/h3,6,9-10H,4-5,7-8H2,1-2H3,(H,15,17)(H,18,19). The van der Waals surface area contributed by atoms with E-state index in [-0.39, 0.29) is 9.77 Å². The number of nitrogens with zero attached hydrogens (tertiary/aromatic N) is 1. The molecule has 2 atom stereocenters. The van der Waals surface area contributed by atoms with Gasteiger partial charge in [0.15, 0.2) is 0 Å². The van der Waals surface area contributed by atoms with Gasteiger partial charge < -0.3 is 10.4 Å². The van der Waals surface area contributed by atoms with E-state index in [1.807, 2.05) is 0 Å². The van der Waals surface area contributed by atoms with Crippen molar-refractivity contribution in [2.45, 2.75) is 24.8 Å². The lowest BCUT2D eigenvalue weighted by molar-refractivity contribution is -0.141. The third kappa shape index (κ3) is 4.11. The van der Waals surface area contributed by atoms with Crippen molar-refractivity contribution < 1.29 is 23.1 Å². The number of rotatable bonds is 6. The van der Waals surface area contributed by atoms with Crippen molar-refractivity contribution in [3.8, 4) is 0 Å².